The topological polar surface area (TPSA) is 173 Å². The van der Waals surface area contributed by atoms with E-state index in [1.54, 1.807) is 29.8 Å². The smallest absolute Gasteiger partial charge is 0.328 e. The van der Waals surface area contributed by atoms with E-state index in [4.69, 9.17) is 0 Å². The molecule has 64 heavy (non-hydrogen) atoms. The van der Waals surface area contributed by atoms with Gasteiger partial charge in [-0.2, -0.15) is 0 Å². The predicted molar refractivity (Wildman–Crippen MR) is 221 cm³/mol. The third-order valence-electron chi connectivity index (χ3n) is 12.9. The lowest BCUT2D eigenvalue weighted by Gasteiger charge is -2.57. The van der Waals surface area contributed by atoms with Gasteiger partial charge in [-0.15, -0.1) is 5.10 Å². The van der Waals surface area contributed by atoms with Crippen LogP contribution in [0.25, 0.3) is 16.9 Å². The van der Waals surface area contributed by atoms with Crippen molar-refractivity contribution in [1.82, 2.24) is 45.0 Å². The SMILES string of the molecule is CNc1cc(N2CCc3c(-c4ncc(CN5CC6(CCN(C(=O)c7cc(N8CCC(=O)NC8=O)c(C)cn7)CC6(F)F)C5)cc4F)cc(F)cc32)nn2c(C(=O)N[C@@H]3C[C@@H]3F)cnc12. The summed E-state index contributed by atoms with van der Waals surface area (Å²) in [6.45, 7) is 1.51. The minimum Gasteiger partial charge on any atom is -0.385 e. The van der Waals surface area contributed by atoms with Crippen molar-refractivity contribution in [3.63, 3.8) is 0 Å². The predicted octanol–water partition coefficient (Wildman–Crippen LogP) is 4.78. The van der Waals surface area contributed by atoms with Gasteiger partial charge in [0.15, 0.2) is 17.2 Å². The van der Waals surface area contributed by atoms with Gasteiger partial charge >= 0.3 is 6.03 Å². The molecule has 4 aliphatic heterocycles. The zero-order valence-corrected chi connectivity index (χ0v) is 34.6. The summed E-state index contributed by atoms with van der Waals surface area (Å²) in [4.78, 5) is 69.4. The van der Waals surface area contributed by atoms with E-state index in [2.05, 4.69) is 36.0 Å². The van der Waals surface area contributed by atoms with Crippen LogP contribution in [0.1, 0.15) is 56.9 Å². The molecule has 10 rings (SSSR count). The maximum absolute atomic E-state index is 16.0. The summed E-state index contributed by atoms with van der Waals surface area (Å²) < 4.78 is 78.3. The Morgan fingerprint density at radius 3 is 2.42 bits per heavy atom. The lowest BCUT2D eigenvalue weighted by Crippen LogP contribution is -2.70. The van der Waals surface area contributed by atoms with E-state index in [0.717, 1.165) is 4.90 Å². The Bertz CT molecular complexity index is 2800. The van der Waals surface area contributed by atoms with Crippen molar-refractivity contribution >= 4 is 52.3 Å². The Morgan fingerprint density at radius 2 is 1.70 bits per heavy atom. The van der Waals surface area contributed by atoms with Gasteiger partial charge in [0.1, 0.15) is 29.2 Å². The van der Waals surface area contributed by atoms with Gasteiger partial charge in [-0.25, -0.2) is 36.2 Å². The molecule has 3 N–H and O–H groups in total. The Labute approximate surface area is 361 Å². The summed E-state index contributed by atoms with van der Waals surface area (Å²) in [6, 6.07) is 5.71. The van der Waals surface area contributed by atoms with Crippen LogP contribution in [0, 0.1) is 24.0 Å². The minimum absolute atomic E-state index is 0.00724. The summed E-state index contributed by atoms with van der Waals surface area (Å²) in [6.07, 6.45) is 3.81. The number of amides is 5. The van der Waals surface area contributed by atoms with E-state index in [-0.39, 0.29) is 74.6 Å². The number of anilines is 4. The summed E-state index contributed by atoms with van der Waals surface area (Å²) in [7, 11) is 1.68. The van der Waals surface area contributed by atoms with E-state index < -0.39 is 65.5 Å². The number of carbonyl (C=O) groups excluding carboxylic acids is 4. The molecule has 3 saturated heterocycles. The lowest BCUT2D eigenvalue weighted by atomic mass is 9.69. The average molecular weight is 885 g/mol. The van der Waals surface area contributed by atoms with Gasteiger partial charge in [-0.1, -0.05) is 0 Å². The molecule has 1 saturated carbocycles. The number of rotatable bonds is 9. The number of imide groups is 1. The highest BCUT2D eigenvalue weighted by Crippen LogP contribution is 2.51. The van der Waals surface area contributed by atoms with Gasteiger partial charge in [0, 0.05) is 88.9 Å². The van der Waals surface area contributed by atoms with Crippen molar-refractivity contribution in [3.8, 4) is 11.3 Å². The monoisotopic (exact) mass is 884 g/mol. The fraction of sp³-hybridized carbons (Fsp3) is 0.395. The van der Waals surface area contributed by atoms with Crippen LogP contribution in [0.2, 0.25) is 0 Å². The molecule has 0 radical (unpaired) electrons. The van der Waals surface area contributed by atoms with Crippen LogP contribution in [0.15, 0.2) is 48.9 Å². The maximum Gasteiger partial charge on any atom is 0.328 e. The van der Waals surface area contributed by atoms with Crippen molar-refractivity contribution in [2.24, 2.45) is 5.41 Å². The molecule has 4 aromatic heterocycles. The molecule has 5 aliphatic rings. The summed E-state index contributed by atoms with van der Waals surface area (Å²) in [5, 5.41) is 12.6. The number of hydrogen-bond donors (Lipinski definition) is 3. The second-order valence-electron chi connectivity index (χ2n) is 17.1. The number of likely N-dealkylation sites (tertiary alicyclic amines) is 2. The molecule has 21 heteroatoms. The molecule has 332 valence electrons. The number of aromatic nitrogens is 5. The first-order chi connectivity index (χ1) is 30.6. The van der Waals surface area contributed by atoms with Crippen molar-refractivity contribution in [2.75, 3.05) is 61.4 Å². The molecule has 0 unspecified atom stereocenters. The number of nitrogens with one attached hydrogen (secondary N) is 3. The number of halogens is 5. The van der Waals surface area contributed by atoms with E-state index in [0.29, 0.717) is 58.2 Å². The fourth-order valence-electron chi connectivity index (χ4n) is 9.30. The Kier molecular flexibility index (Phi) is 9.80. The third-order valence-corrected chi connectivity index (χ3v) is 12.9. The molecule has 1 aromatic carbocycles. The zero-order chi connectivity index (χ0) is 44.8. The summed E-state index contributed by atoms with van der Waals surface area (Å²) in [5.41, 5.74) is 2.09. The summed E-state index contributed by atoms with van der Waals surface area (Å²) >= 11 is 0. The molecule has 2 atom stereocenters. The van der Waals surface area contributed by atoms with E-state index in [1.165, 1.54) is 52.3 Å². The molecule has 8 heterocycles. The molecule has 5 amide bonds. The molecule has 16 nitrogen and oxygen atoms in total. The van der Waals surface area contributed by atoms with Crippen LogP contribution in [-0.2, 0) is 17.8 Å². The van der Waals surface area contributed by atoms with E-state index in [9.17, 15) is 23.6 Å². The average Bonchev–Trinajstić information content (AvgIpc) is 3.56. The van der Waals surface area contributed by atoms with Crippen LogP contribution >= 0.6 is 0 Å². The molecule has 4 fully saturated rings. The normalized spacial score (nSPS) is 21.2. The molecule has 1 spiro atoms. The number of hydrogen-bond acceptors (Lipinski definition) is 11. The largest absolute Gasteiger partial charge is 0.385 e. The second kappa shape index (κ2) is 15.2. The van der Waals surface area contributed by atoms with Gasteiger partial charge < -0.3 is 20.4 Å². The molecule has 1 aliphatic carbocycles. The van der Waals surface area contributed by atoms with Crippen LogP contribution in [0.4, 0.5) is 49.6 Å². The van der Waals surface area contributed by atoms with E-state index >= 15 is 17.6 Å². The first-order valence-electron chi connectivity index (χ1n) is 20.9. The highest BCUT2D eigenvalue weighted by molar-refractivity contribution is 6.06. The van der Waals surface area contributed by atoms with Gasteiger partial charge in [-0.05, 0) is 60.7 Å². The number of piperidine rings is 1. The highest BCUT2D eigenvalue weighted by Gasteiger charge is 2.63. The highest BCUT2D eigenvalue weighted by atomic mass is 19.3. The van der Waals surface area contributed by atoms with Crippen LogP contribution in [0.5, 0.6) is 0 Å². The number of urea groups is 1. The van der Waals surface area contributed by atoms with Crippen LogP contribution < -0.4 is 25.8 Å². The van der Waals surface area contributed by atoms with Crippen molar-refractivity contribution in [1.29, 1.82) is 0 Å². The van der Waals surface area contributed by atoms with Crippen molar-refractivity contribution in [2.45, 2.75) is 57.3 Å². The number of nitrogens with zero attached hydrogens (tertiary/aromatic N) is 9. The van der Waals surface area contributed by atoms with Crippen LogP contribution in [-0.4, -0.2) is 123 Å². The second-order valence-corrected chi connectivity index (χ2v) is 17.1. The van der Waals surface area contributed by atoms with Gasteiger partial charge in [-0.3, -0.25) is 39.5 Å². The standard InChI is InChI=1S/C43H41F5N12O4/c1-22-15-50-31(13-32(22)59-7-4-36(61)54-41(59)64)40(63)57-8-5-42(43(47,48)21-57)19-56(20-42)18-23-9-28(46)37(51-16-23)26-10-24(44)11-33-25(26)3-6-58(33)35-14-30(49-2)38-52-17-34(60(38)55-35)39(62)53-29-12-27(29)45/h9-11,13-17,27,29,49H,3-8,12,18-21H2,1-2H3,(H,53,62)(H,54,61,64)/t27-,29+/m0/s1. The minimum atomic E-state index is -3.25. The number of fused-ring (bicyclic) bond motifs is 2. The number of benzene rings is 1. The molecular weight excluding hydrogens is 844 g/mol. The van der Waals surface area contributed by atoms with Crippen LogP contribution in [0.3, 0.4) is 0 Å². The number of alkyl halides is 3. The first kappa shape index (κ1) is 41.3. The Morgan fingerprint density at radius 1 is 0.922 bits per heavy atom. The molecular formula is C43H41F5N12O4. The maximum atomic E-state index is 16.0. The molecule has 5 aromatic rings. The fourth-order valence-corrected chi connectivity index (χ4v) is 9.30. The summed E-state index contributed by atoms with van der Waals surface area (Å²) in [5.74, 6) is -5.90. The third kappa shape index (κ3) is 7.01. The lowest BCUT2D eigenvalue weighted by molar-refractivity contribution is -0.220. The number of pyridine rings is 2. The van der Waals surface area contributed by atoms with Crippen molar-refractivity contribution in [3.05, 3.63) is 88.6 Å². The quantitative estimate of drug-likeness (QED) is 0.174. The number of carbonyl (C=O) groups is 4. The Hall–Kier alpha value is -6.77. The first-order valence-corrected chi connectivity index (χ1v) is 20.9. The number of imidazole rings is 1. The van der Waals surface area contributed by atoms with Gasteiger partial charge in [0.2, 0.25) is 5.91 Å². The molecule has 0 bridgehead atoms. The Balaban J connectivity index is 0.816. The van der Waals surface area contributed by atoms with Gasteiger partial charge in [0.05, 0.1) is 35.6 Å². The van der Waals surface area contributed by atoms with E-state index in [1.807, 2.05) is 0 Å². The van der Waals surface area contributed by atoms with Crippen molar-refractivity contribution < 1.29 is 41.1 Å². The van der Waals surface area contributed by atoms with Gasteiger partial charge in [0.25, 0.3) is 17.7 Å². The number of aryl methyl sites for hydroxylation is 1. The zero-order valence-electron chi connectivity index (χ0n) is 34.6.